The fourth-order valence-corrected chi connectivity index (χ4v) is 1.40. The van der Waals surface area contributed by atoms with Crippen molar-refractivity contribution in [3.8, 4) is 0 Å². The van der Waals surface area contributed by atoms with Crippen LogP contribution in [-0.4, -0.2) is 9.78 Å². The Morgan fingerprint density at radius 2 is 1.94 bits per heavy atom. The first-order chi connectivity index (χ1) is 8.15. The number of nitrogens with zero attached hydrogens (tertiary/aromatic N) is 2. The van der Waals surface area contributed by atoms with Gasteiger partial charge in [-0.2, -0.15) is 4.39 Å². The van der Waals surface area contributed by atoms with Gasteiger partial charge < -0.3 is 0 Å². The minimum atomic E-state index is -0.480. The maximum absolute atomic E-state index is 12.9. The predicted octanol–water partition coefficient (Wildman–Crippen LogP) is 3.54. The van der Waals surface area contributed by atoms with Crippen LogP contribution in [-0.2, 0) is 6.54 Å². The van der Waals surface area contributed by atoms with Crippen LogP contribution in [0.25, 0.3) is 0 Å². The van der Waals surface area contributed by atoms with E-state index in [1.54, 1.807) is 25.3 Å². The lowest BCUT2D eigenvalue weighted by Gasteiger charge is -2.00. The number of benzene rings is 1. The molecule has 1 aromatic carbocycles. The summed E-state index contributed by atoms with van der Waals surface area (Å²) in [4.78, 5) is 0. The van der Waals surface area contributed by atoms with Crippen LogP contribution < -0.4 is 0 Å². The number of aryl methyl sites for hydroxylation is 1. The molecule has 1 aromatic heterocycles. The lowest BCUT2D eigenvalue weighted by molar-refractivity contribution is 0.535. The first kappa shape index (κ1) is 13.4. The van der Waals surface area contributed by atoms with Gasteiger partial charge in [0, 0.05) is 11.8 Å². The van der Waals surface area contributed by atoms with E-state index in [0.717, 1.165) is 5.56 Å². The SMILES string of the molecule is CC.Cc1cn(Cc2cccc(F)c2)nc1F. The van der Waals surface area contributed by atoms with Gasteiger partial charge in [-0.15, -0.1) is 5.10 Å². The highest BCUT2D eigenvalue weighted by Crippen LogP contribution is 2.08. The molecule has 2 nitrogen and oxygen atoms in total. The van der Waals surface area contributed by atoms with Gasteiger partial charge in [-0.1, -0.05) is 26.0 Å². The van der Waals surface area contributed by atoms with Crippen molar-refractivity contribution in [1.29, 1.82) is 0 Å². The summed E-state index contributed by atoms with van der Waals surface area (Å²) in [6.45, 7) is 6.02. The molecule has 17 heavy (non-hydrogen) atoms. The zero-order valence-electron chi connectivity index (χ0n) is 10.2. The maximum Gasteiger partial charge on any atom is 0.235 e. The molecule has 0 bridgehead atoms. The highest BCUT2D eigenvalue weighted by Gasteiger charge is 2.04. The molecule has 0 aliphatic heterocycles. The van der Waals surface area contributed by atoms with E-state index in [1.165, 1.54) is 16.8 Å². The quantitative estimate of drug-likeness (QED) is 0.782. The van der Waals surface area contributed by atoms with Gasteiger partial charge in [0.1, 0.15) is 5.82 Å². The van der Waals surface area contributed by atoms with E-state index in [4.69, 9.17) is 0 Å². The average molecular weight is 238 g/mol. The molecule has 0 saturated carbocycles. The summed E-state index contributed by atoms with van der Waals surface area (Å²) in [5.74, 6) is -0.775. The van der Waals surface area contributed by atoms with Gasteiger partial charge in [0.2, 0.25) is 5.95 Å². The molecule has 2 aromatic rings. The molecule has 0 aliphatic rings. The summed E-state index contributed by atoms with van der Waals surface area (Å²) < 4.78 is 27.2. The summed E-state index contributed by atoms with van der Waals surface area (Å²) >= 11 is 0. The third-order valence-electron chi connectivity index (χ3n) is 2.12. The minimum Gasteiger partial charge on any atom is -0.265 e. The fraction of sp³-hybridized carbons (Fsp3) is 0.308. The number of aromatic nitrogens is 2. The van der Waals surface area contributed by atoms with Crippen LogP contribution >= 0.6 is 0 Å². The highest BCUT2D eigenvalue weighted by molar-refractivity contribution is 5.17. The summed E-state index contributed by atoms with van der Waals surface area (Å²) in [6.07, 6.45) is 1.60. The van der Waals surface area contributed by atoms with Crippen LogP contribution in [0.5, 0.6) is 0 Å². The van der Waals surface area contributed by atoms with Crippen molar-refractivity contribution in [2.75, 3.05) is 0 Å². The molecule has 0 radical (unpaired) electrons. The summed E-state index contributed by atoms with van der Waals surface area (Å²) in [5.41, 5.74) is 1.25. The van der Waals surface area contributed by atoms with E-state index >= 15 is 0 Å². The lowest BCUT2D eigenvalue weighted by atomic mass is 10.2. The van der Waals surface area contributed by atoms with Crippen LogP contribution in [0.2, 0.25) is 0 Å². The number of rotatable bonds is 2. The lowest BCUT2D eigenvalue weighted by Crippen LogP contribution is -2.00. The second-order valence-corrected chi connectivity index (χ2v) is 3.43. The zero-order chi connectivity index (χ0) is 12.8. The largest absolute Gasteiger partial charge is 0.265 e. The molecule has 0 unspecified atom stereocenters. The molecular weight excluding hydrogens is 222 g/mol. The number of halogens is 2. The van der Waals surface area contributed by atoms with Gasteiger partial charge in [0.05, 0.1) is 6.54 Å². The highest BCUT2D eigenvalue weighted by atomic mass is 19.1. The standard InChI is InChI=1S/C11H10F2N2.C2H6/c1-8-6-15(14-11(8)13)7-9-3-2-4-10(12)5-9;1-2/h2-6H,7H2,1H3;1-2H3. The predicted molar refractivity (Wildman–Crippen MR) is 63.8 cm³/mol. The molecule has 0 N–H and O–H groups in total. The van der Waals surface area contributed by atoms with Gasteiger partial charge in [0.25, 0.3) is 0 Å². The topological polar surface area (TPSA) is 17.8 Å². The third-order valence-corrected chi connectivity index (χ3v) is 2.12. The van der Waals surface area contributed by atoms with Crippen LogP contribution in [0.4, 0.5) is 8.78 Å². The monoisotopic (exact) mass is 238 g/mol. The third kappa shape index (κ3) is 3.66. The Morgan fingerprint density at radius 3 is 2.47 bits per heavy atom. The van der Waals surface area contributed by atoms with Crippen molar-refractivity contribution in [2.45, 2.75) is 27.3 Å². The first-order valence-electron chi connectivity index (χ1n) is 5.59. The Hall–Kier alpha value is -1.71. The molecule has 1 heterocycles. The average Bonchev–Trinajstić information content (AvgIpc) is 2.61. The Kier molecular flexibility index (Phi) is 4.82. The van der Waals surface area contributed by atoms with Gasteiger partial charge >= 0.3 is 0 Å². The van der Waals surface area contributed by atoms with Crippen LogP contribution in [0.15, 0.2) is 30.5 Å². The van der Waals surface area contributed by atoms with Gasteiger partial charge in [-0.05, 0) is 24.6 Å². The van der Waals surface area contributed by atoms with Gasteiger partial charge in [-0.25, -0.2) is 4.39 Å². The van der Waals surface area contributed by atoms with Crippen molar-refractivity contribution < 1.29 is 8.78 Å². The van der Waals surface area contributed by atoms with Crippen LogP contribution in [0.1, 0.15) is 25.0 Å². The second-order valence-electron chi connectivity index (χ2n) is 3.43. The minimum absolute atomic E-state index is 0.295. The molecule has 0 spiro atoms. The molecule has 0 aliphatic carbocycles. The van der Waals surface area contributed by atoms with Gasteiger partial charge in [0.15, 0.2) is 0 Å². The van der Waals surface area contributed by atoms with Crippen LogP contribution in [0, 0.1) is 18.7 Å². The second kappa shape index (κ2) is 6.13. The number of hydrogen-bond acceptors (Lipinski definition) is 1. The molecule has 0 fully saturated rings. The van der Waals surface area contributed by atoms with Gasteiger partial charge in [-0.3, -0.25) is 4.68 Å². The summed E-state index contributed by atoms with van der Waals surface area (Å²) in [5, 5.41) is 3.66. The van der Waals surface area contributed by atoms with Crippen molar-refractivity contribution in [2.24, 2.45) is 0 Å². The molecular formula is C13H16F2N2. The maximum atomic E-state index is 12.9. The smallest absolute Gasteiger partial charge is 0.235 e. The van der Waals surface area contributed by atoms with E-state index in [9.17, 15) is 8.78 Å². The summed E-state index contributed by atoms with van der Waals surface area (Å²) in [7, 11) is 0. The van der Waals surface area contributed by atoms with E-state index in [2.05, 4.69) is 5.10 Å². The Balaban J connectivity index is 0.000000686. The number of hydrogen-bond donors (Lipinski definition) is 0. The Labute approximate surface area is 99.9 Å². The normalized spacial score (nSPS) is 9.71. The fourth-order valence-electron chi connectivity index (χ4n) is 1.40. The molecule has 92 valence electrons. The Morgan fingerprint density at radius 1 is 1.24 bits per heavy atom. The van der Waals surface area contributed by atoms with Crippen molar-refractivity contribution in [3.63, 3.8) is 0 Å². The molecule has 0 amide bonds. The van der Waals surface area contributed by atoms with E-state index < -0.39 is 5.95 Å². The molecule has 4 heteroatoms. The molecule has 2 rings (SSSR count). The Bertz CT molecular complexity index is 459. The molecule has 0 atom stereocenters. The van der Waals surface area contributed by atoms with Crippen molar-refractivity contribution >= 4 is 0 Å². The summed E-state index contributed by atoms with van der Waals surface area (Å²) in [6, 6.07) is 6.18. The first-order valence-corrected chi connectivity index (χ1v) is 5.59. The van der Waals surface area contributed by atoms with E-state index in [0.29, 0.717) is 12.1 Å². The van der Waals surface area contributed by atoms with E-state index in [1.807, 2.05) is 13.8 Å². The van der Waals surface area contributed by atoms with E-state index in [-0.39, 0.29) is 5.82 Å². The zero-order valence-corrected chi connectivity index (χ0v) is 10.2. The van der Waals surface area contributed by atoms with Crippen molar-refractivity contribution in [3.05, 3.63) is 53.4 Å². The molecule has 0 saturated heterocycles. The van der Waals surface area contributed by atoms with Crippen molar-refractivity contribution in [1.82, 2.24) is 9.78 Å². The van der Waals surface area contributed by atoms with Crippen LogP contribution in [0.3, 0.4) is 0 Å².